The maximum absolute atomic E-state index is 3.46. The summed E-state index contributed by atoms with van der Waals surface area (Å²) in [7, 11) is -0.493. The Balaban J connectivity index is 0.000000207. The zero-order valence-electron chi connectivity index (χ0n) is 23.0. The van der Waals surface area contributed by atoms with Crippen molar-refractivity contribution in [3.05, 3.63) is 163 Å². The Bertz CT molecular complexity index is 1490. The first-order valence-electron chi connectivity index (χ1n) is 13.0. The van der Waals surface area contributed by atoms with E-state index in [2.05, 4.69) is 148 Å². The second kappa shape index (κ2) is 15.5. The quantitative estimate of drug-likeness (QED) is 0.107. The third-order valence-electron chi connectivity index (χ3n) is 6.47. The molecule has 39 heavy (non-hydrogen) atoms. The van der Waals surface area contributed by atoms with Crippen LogP contribution in [0.15, 0.2) is 152 Å². The van der Waals surface area contributed by atoms with Crippen LogP contribution in [0.3, 0.4) is 0 Å². The van der Waals surface area contributed by atoms with E-state index in [-0.39, 0.29) is 26.2 Å². The molecule has 0 amide bonds. The molecule has 0 aliphatic heterocycles. The Morgan fingerprint density at radius 3 is 1.85 bits per heavy atom. The number of benzene rings is 4. The van der Waals surface area contributed by atoms with Gasteiger partial charge in [0.05, 0.1) is 0 Å². The molecule has 0 heterocycles. The van der Waals surface area contributed by atoms with Gasteiger partial charge in [-0.1, -0.05) is 110 Å². The average Bonchev–Trinajstić information content (AvgIpc) is 3.62. The van der Waals surface area contributed by atoms with E-state index < -0.39 is 7.92 Å². The van der Waals surface area contributed by atoms with E-state index in [0.717, 1.165) is 0 Å². The van der Waals surface area contributed by atoms with Crippen LogP contribution in [0.4, 0.5) is 0 Å². The monoisotopic (exact) mass is 600 g/mol. The van der Waals surface area contributed by atoms with Crippen molar-refractivity contribution in [1.29, 1.82) is 0 Å². The Morgan fingerprint density at radius 2 is 1.31 bits per heavy atom. The Labute approximate surface area is 254 Å². The number of allylic oxidation sites excluding steroid dienone is 3. The first-order chi connectivity index (χ1) is 18.6. The Hall–Kier alpha value is -3.11. The Morgan fingerprint density at radius 1 is 0.718 bits per heavy atom. The van der Waals surface area contributed by atoms with Gasteiger partial charge < -0.3 is 0 Å². The van der Waals surface area contributed by atoms with Gasteiger partial charge in [-0.3, -0.25) is 0 Å². The summed E-state index contributed by atoms with van der Waals surface area (Å²) in [6.45, 7) is 9.73. The minimum atomic E-state index is -0.493. The second-order valence-corrected chi connectivity index (χ2v) is 11.4. The van der Waals surface area contributed by atoms with Crippen LogP contribution in [0.5, 0.6) is 0 Å². The summed E-state index contributed by atoms with van der Waals surface area (Å²) in [6.07, 6.45) is 5.58. The van der Waals surface area contributed by atoms with Gasteiger partial charge >= 0.3 is 26.2 Å². The van der Waals surface area contributed by atoms with Crippen LogP contribution in [0, 0.1) is 13.8 Å². The summed E-state index contributed by atoms with van der Waals surface area (Å²) in [5, 5.41) is 9.68. The molecule has 192 valence electrons. The summed E-state index contributed by atoms with van der Waals surface area (Å²) in [6, 6.07) is 45.8. The van der Waals surface area contributed by atoms with E-state index in [1.165, 1.54) is 48.6 Å². The molecule has 0 N–H and O–H groups in total. The largest absolute Gasteiger partial charge is 2.00 e. The van der Waals surface area contributed by atoms with Crippen LogP contribution < -0.4 is 15.9 Å². The molecule has 0 saturated carbocycles. The van der Waals surface area contributed by atoms with Crippen molar-refractivity contribution in [3.8, 4) is 0 Å². The predicted molar refractivity (Wildman–Crippen MR) is 172 cm³/mol. The van der Waals surface area contributed by atoms with E-state index in [4.69, 9.17) is 0 Å². The molecule has 0 unspecified atom stereocenters. The first kappa shape index (κ1) is 30.4. The standard InChI is InChI=1S/C21H16P.C11H11.C5H8.Zr/c1-3-11-19(12-4-1)22(20-13-5-2-6-14-20)21-15-17-9-7-8-10-18(17)16-21;1-8-6-7-9(2)11-5-3-4-10(8)11;1-3-5-4-2;/h1-16H;3-7H,1-2H3;3-5H,1H2,2H3;/q2*-1;;+2/b;;5-4+;. The SMILES string of the molecule is C=C/C=C/C.Cc1ccc(C)c2[cH-]ccc12.[Zr+2].c1ccc(P(c2ccccc2)c2cc3ccccc3[cH-]2)cc1. The van der Waals surface area contributed by atoms with Crippen molar-refractivity contribution < 1.29 is 26.2 Å². The van der Waals surface area contributed by atoms with E-state index in [1.807, 2.05) is 19.1 Å². The van der Waals surface area contributed by atoms with Gasteiger partial charge in [0.2, 0.25) is 0 Å². The number of rotatable bonds is 4. The van der Waals surface area contributed by atoms with Gasteiger partial charge in [0.15, 0.2) is 0 Å². The predicted octanol–water partition coefficient (Wildman–Crippen LogP) is 9.24. The van der Waals surface area contributed by atoms with Gasteiger partial charge in [-0.25, -0.2) is 0 Å². The third kappa shape index (κ3) is 7.95. The number of fused-ring (bicyclic) bond motifs is 2. The zero-order valence-corrected chi connectivity index (χ0v) is 26.4. The molecule has 0 aromatic heterocycles. The fourth-order valence-electron chi connectivity index (χ4n) is 4.54. The van der Waals surface area contributed by atoms with Crippen LogP contribution >= 0.6 is 7.92 Å². The van der Waals surface area contributed by atoms with Crippen LogP contribution in [0.2, 0.25) is 0 Å². The molecule has 0 bridgehead atoms. The van der Waals surface area contributed by atoms with Crippen LogP contribution in [-0.4, -0.2) is 0 Å². The summed E-state index contributed by atoms with van der Waals surface area (Å²) < 4.78 is 0. The third-order valence-corrected chi connectivity index (χ3v) is 8.87. The molecule has 6 aromatic rings. The van der Waals surface area contributed by atoms with Gasteiger partial charge in [-0.2, -0.15) is 18.2 Å². The zero-order chi connectivity index (χ0) is 26.7. The van der Waals surface area contributed by atoms with Crippen molar-refractivity contribution in [3.63, 3.8) is 0 Å². The summed E-state index contributed by atoms with van der Waals surface area (Å²) in [5.41, 5.74) is 2.74. The smallest absolute Gasteiger partial charge is 0.168 e. The van der Waals surface area contributed by atoms with E-state index in [9.17, 15) is 0 Å². The van der Waals surface area contributed by atoms with Crippen LogP contribution in [-0.2, 0) is 26.2 Å². The second-order valence-electron chi connectivity index (χ2n) is 9.16. The average molecular weight is 602 g/mol. The normalized spacial score (nSPS) is 10.5. The van der Waals surface area contributed by atoms with Crippen LogP contribution in [0.1, 0.15) is 18.1 Å². The van der Waals surface area contributed by atoms with E-state index >= 15 is 0 Å². The molecule has 0 fully saturated rings. The van der Waals surface area contributed by atoms with Gasteiger partial charge in [0.25, 0.3) is 0 Å². The molecule has 0 atom stereocenters. The molecule has 0 nitrogen and oxygen atoms in total. The first-order valence-corrected chi connectivity index (χ1v) is 14.4. The maximum atomic E-state index is 3.46. The molecule has 6 rings (SSSR count). The molecule has 0 aliphatic rings. The van der Waals surface area contributed by atoms with Crippen molar-refractivity contribution in [2.45, 2.75) is 20.8 Å². The van der Waals surface area contributed by atoms with E-state index in [0.29, 0.717) is 0 Å². The molecule has 0 saturated heterocycles. The van der Waals surface area contributed by atoms with Gasteiger partial charge in [0, 0.05) is 0 Å². The number of hydrogen-bond donors (Lipinski definition) is 0. The molecule has 0 spiro atoms. The number of hydrogen-bond acceptors (Lipinski definition) is 0. The van der Waals surface area contributed by atoms with Gasteiger partial charge in [-0.15, -0.1) is 68.8 Å². The van der Waals surface area contributed by atoms with Crippen molar-refractivity contribution in [1.82, 2.24) is 0 Å². The molecular formula is C37H35PZr. The molecule has 0 radical (unpaired) electrons. The molecular weight excluding hydrogens is 567 g/mol. The number of aryl methyl sites for hydroxylation is 2. The van der Waals surface area contributed by atoms with E-state index in [1.54, 1.807) is 6.08 Å². The minimum Gasteiger partial charge on any atom is -0.168 e. The van der Waals surface area contributed by atoms with Crippen LogP contribution in [0.25, 0.3) is 21.5 Å². The van der Waals surface area contributed by atoms with Crippen molar-refractivity contribution >= 4 is 45.4 Å². The van der Waals surface area contributed by atoms with Gasteiger partial charge in [-0.05, 0) is 32.4 Å². The molecule has 2 heteroatoms. The summed E-state index contributed by atoms with van der Waals surface area (Å²) in [4.78, 5) is 0. The van der Waals surface area contributed by atoms with Crippen molar-refractivity contribution in [2.75, 3.05) is 0 Å². The molecule has 6 aromatic carbocycles. The maximum Gasteiger partial charge on any atom is 2.00 e. The van der Waals surface area contributed by atoms with Gasteiger partial charge in [0.1, 0.15) is 0 Å². The fourth-order valence-corrected chi connectivity index (χ4v) is 6.91. The fraction of sp³-hybridized carbons (Fsp3) is 0.0811. The minimum absolute atomic E-state index is 0. The topological polar surface area (TPSA) is 0 Å². The van der Waals surface area contributed by atoms with Crippen molar-refractivity contribution in [2.24, 2.45) is 0 Å². The Kier molecular flexibility index (Phi) is 12.1. The summed E-state index contributed by atoms with van der Waals surface area (Å²) >= 11 is 0. The molecule has 0 aliphatic carbocycles. The summed E-state index contributed by atoms with van der Waals surface area (Å²) in [5.74, 6) is 0.